The zero-order valence-corrected chi connectivity index (χ0v) is 14.9. The van der Waals surface area contributed by atoms with Crippen molar-refractivity contribution < 1.29 is 14.3 Å². The fourth-order valence-corrected chi connectivity index (χ4v) is 2.45. The van der Waals surface area contributed by atoms with Gasteiger partial charge in [0.2, 0.25) is 5.91 Å². The summed E-state index contributed by atoms with van der Waals surface area (Å²) < 4.78 is 10.8. The van der Waals surface area contributed by atoms with E-state index in [2.05, 4.69) is 5.32 Å². The number of nitrogens with one attached hydrogen (secondary N) is 1. The second kappa shape index (κ2) is 8.60. The largest absolute Gasteiger partial charge is 0.497 e. The molecule has 0 aromatic heterocycles. The van der Waals surface area contributed by atoms with Gasteiger partial charge in [-0.25, -0.2) is 0 Å². The Morgan fingerprint density at radius 2 is 1.83 bits per heavy atom. The average Bonchev–Trinajstić information content (AvgIpc) is 2.56. The summed E-state index contributed by atoms with van der Waals surface area (Å²) in [5.41, 5.74) is 2.70. The third-order valence-corrected chi connectivity index (χ3v) is 4.18. The van der Waals surface area contributed by atoms with Gasteiger partial charge in [-0.15, -0.1) is 0 Å². The van der Waals surface area contributed by atoms with Gasteiger partial charge in [0, 0.05) is 23.2 Å². The number of carbonyl (C=O) groups is 1. The minimum atomic E-state index is -0.0460. The van der Waals surface area contributed by atoms with E-state index in [1.807, 2.05) is 44.2 Å². The van der Waals surface area contributed by atoms with Crippen LogP contribution in [0.4, 0.5) is 5.69 Å². The van der Waals surface area contributed by atoms with Gasteiger partial charge in [0.1, 0.15) is 11.5 Å². The maximum absolute atomic E-state index is 12.0. The van der Waals surface area contributed by atoms with Crippen molar-refractivity contribution in [3.8, 4) is 11.5 Å². The molecular formula is C19H22ClNO3. The fourth-order valence-electron chi connectivity index (χ4n) is 2.34. The predicted molar refractivity (Wildman–Crippen MR) is 97.3 cm³/mol. The Bertz CT molecular complexity index is 693. The molecule has 0 aliphatic carbocycles. The number of aryl methyl sites for hydroxylation is 2. The third-order valence-electron chi connectivity index (χ3n) is 3.58. The van der Waals surface area contributed by atoms with Crippen molar-refractivity contribution in [3.63, 3.8) is 0 Å². The van der Waals surface area contributed by atoms with Crippen molar-refractivity contribution in [2.24, 2.45) is 0 Å². The van der Waals surface area contributed by atoms with Crippen molar-refractivity contribution in [2.45, 2.75) is 26.7 Å². The molecule has 5 heteroatoms. The lowest BCUT2D eigenvalue weighted by molar-refractivity contribution is -0.116. The lowest BCUT2D eigenvalue weighted by Gasteiger charge is -2.10. The number of rotatable bonds is 7. The molecule has 0 fully saturated rings. The summed E-state index contributed by atoms with van der Waals surface area (Å²) in [5, 5.41) is 3.61. The van der Waals surface area contributed by atoms with Crippen LogP contribution in [0.3, 0.4) is 0 Å². The van der Waals surface area contributed by atoms with Crippen LogP contribution in [0.25, 0.3) is 0 Å². The normalized spacial score (nSPS) is 10.3. The average molecular weight is 348 g/mol. The lowest BCUT2D eigenvalue weighted by atomic mass is 10.1. The van der Waals surface area contributed by atoms with Crippen molar-refractivity contribution in [1.82, 2.24) is 0 Å². The molecule has 0 spiro atoms. The molecule has 0 aliphatic rings. The first kappa shape index (κ1) is 18.1. The number of hydrogen-bond donors (Lipinski definition) is 1. The smallest absolute Gasteiger partial charge is 0.224 e. The first-order valence-corrected chi connectivity index (χ1v) is 8.21. The van der Waals surface area contributed by atoms with Crippen LogP contribution >= 0.6 is 11.6 Å². The summed E-state index contributed by atoms with van der Waals surface area (Å²) in [7, 11) is 1.60. The van der Waals surface area contributed by atoms with Crippen LogP contribution in [0, 0.1) is 13.8 Å². The number of halogens is 1. The van der Waals surface area contributed by atoms with E-state index in [0.29, 0.717) is 25.2 Å². The van der Waals surface area contributed by atoms with Gasteiger partial charge in [-0.05, 0) is 55.7 Å². The van der Waals surface area contributed by atoms with Gasteiger partial charge in [0.25, 0.3) is 0 Å². The number of methoxy groups -OCH3 is 1. The summed E-state index contributed by atoms with van der Waals surface area (Å²) in [6, 6.07) is 11.1. The van der Waals surface area contributed by atoms with Crippen molar-refractivity contribution >= 4 is 23.2 Å². The second-order valence-corrected chi connectivity index (χ2v) is 5.98. The van der Waals surface area contributed by atoms with Crippen LogP contribution in [0.1, 0.15) is 24.0 Å². The highest BCUT2D eigenvalue weighted by Crippen LogP contribution is 2.26. The van der Waals surface area contributed by atoms with Crippen molar-refractivity contribution in [2.75, 3.05) is 19.0 Å². The molecule has 128 valence electrons. The van der Waals surface area contributed by atoms with E-state index in [-0.39, 0.29) is 5.91 Å². The molecule has 0 saturated carbocycles. The minimum Gasteiger partial charge on any atom is -0.497 e. The highest BCUT2D eigenvalue weighted by atomic mass is 35.5. The Hall–Kier alpha value is -2.20. The SMILES string of the molecule is COc1cccc(NC(=O)CCCOc2cc(C)c(Cl)c(C)c2)c1. The van der Waals surface area contributed by atoms with Gasteiger partial charge >= 0.3 is 0 Å². The summed E-state index contributed by atoms with van der Waals surface area (Å²) in [6.45, 7) is 4.37. The lowest BCUT2D eigenvalue weighted by Crippen LogP contribution is -2.12. The number of carbonyl (C=O) groups excluding carboxylic acids is 1. The molecule has 4 nitrogen and oxygen atoms in total. The van der Waals surface area contributed by atoms with Crippen LogP contribution in [0.2, 0.25) is 5.02 Å². The van der Waals surface area contributed by atoms with Gasteiger partial charge in [0.15, 0.2) is 0 Å². The monoisotopic (exact) mass is 347 g/mol. The van der Waals surface area contributed by atoms with Crippen LogP contribution < -0.4 is 14.8 Å². The zero-order chi connectivity index (χ0) is 17.5. The standard InChI is InChI=1S/C19H22ClNO3/c1-13-10-17(11-14(2)19(13)20)24-9-5-8-18(22)21-15-6-4-7-16(12-15)23-3/h4,6-7,10-12H,5,8-9H2,1-3H3,(H,21,22). The Morgan fingerprint density at radius 1 is 1.12 bits per heavy atom. The van der Waals surface area contributed by atoms with Crippen LogP contribution in [0.5, 0.6) is 11.5 Å². The number of benzene rings is 2. The van der Waals surface area contributed by atoms with Gasteiger partial charge in [-0.2, -0.15) is 0 Å². The number of hydrogen-bond acceptors (Lipinski definition) is 3. The topological polar surface area (TPSA) is 47.6 Å². The molecule has 0 saturated heterocycles. The van der Waals surface area contributed by atoms with E-state index in [9.17, 15) is 4.79 Å². The molecule has 1 N–H and O–H groups in total. The molecule has 0 aliphatic heterocycles. The van der Waals surface area contributed by atoms with E-state index in [1.54, 1.807) is 13.2 Å². The van der Waals surface area contributed by atoms with Crippen molar-refractivity contribution in [1.29, 1.82) is 0 Å². The maximum Gasteiger partial charge on any atom is 0.224 e. The molecule has 2 rings (SSSR count). The van der Waals surface area contributed by atoms with Gasteiger partial charge in [-0.3, -0.25) is 4.79 Å². The predicted octanol–water partition coefficient (Wildman–Crippen LogP) is 4.76. The van der Waals surface area contributed by atoms with Crippen LogP contribution in [-0.4, -0.2) is 19.6 Å². The van der Waals surface area contributed by atoms with Crippen LogP contribution in [-0.2, 0) is 4.79 Å². The molecule has 2 aromatic carbocycles. The molecular weight excluding hydrogens is 326 g/mol. The Labute approximate surface area is 147 Å². The number of anilines is 1. The molecule has 0 heterocycles. The quantitative estimate of drug-likeness (QED) is 0.734. The van der Waals surface area contributed by atoms with Gasteiger partial charge in [0.05, 0.1) is 13.7 Å². The van der Waals surface area contributed by atoms with E-state index < -0.39 is 0 Å². The van der Waals surface area contributed by atoms with E-state index >= 15 is 0 Å². The molecule has 0 radical (unpaired) electrons. The van der Waals surface area contributed by atoms with Crippen molar-refractivity contribution in [3.05, 3.63) is 52.5 Å². The van der Waals surface area contributed by atoms with Gasteiger partial charge in [-0.1, -0.05) is 17.7 Å². The molecule has 24 heavy (non-hydrogen) atoms. The first-order chi connectivity index (χ1) is 11.5. The van der Waals surface area contributed by atoms with Crippen LogP contribution in [0.15, 0.2) is 36.4 Å². The fraction of sp³-hybridized carbons (Fsp3) is 0.316. The number of ether oxygens (including phenoxy) is 2. The maximum atomic E-state index is 12.0. The molecule has 0 bridgehead atoms. The highest BCUT2D eigenvalue weighted by Gasteiger charge is 2.06. The van der Waals surface area contributed by atoms with Gasteiger partial charge < -0.3 is 14.8 Å². The Kier molecular flexibility index (Phi) is 6.50. The van der Waals surface area contributed by atoms with E-state index in [1.165, 1.54) is 0 Å². The molecule has 0 unspecified atom stereocenters. The zero-order valence-electron chi connectivity index (χ0n) is 14.2. The minimum absolute atomic E-state index is 0.0460. The molecule has 2 aromatic rings. The summed E-state index contributed by atoms with van der Waals surface area (Å²) >= 11 is 6.13. The third kappa shape index (κ3) is 5.17. The van der Waals surface area contributed by atoms with E-state index in [4.69, 9.17) is 21.1 Å². The Morgan fingerprint density at radius 3 is 2.50 bits per heavy atom. The highest BCUT2D eigenvalue weighted by molar-refractivity contribution is 6.32. The second-order valence-electron chi connectivity index (χ2n) is 5.60. The first-order valence-electron chi connectivity index (χ1n) is 7.83. The molecule has 1 amide bonds. The van der Waals surface area contributed by atoms with E-state index in [0.717, 1.165) is 27.6 Å². The number of amides is 1. The summed E-state index contributed by atoms with van der Waals surface area (Å²) in [4.78, 5) is 12.0. The Balaban J connectivity index is 1.76. The summed E-state index contributed by atoms with van der Waals surface area (Å²) in [6.07, 6.45) is 1.03. The summed E-state index contributed by atoms with van der Waals surface area (Å²) in [5.74, 6) is 1.45. The molecule has 0 atom stereocenters.